The van der Waals surface area contributed by atoms with Crippen LogP contribution in [-0.2, 0) is 0 Å². The third-order valence-corrected chi connectivity index (χ3v) is 1.92. The number of aliphatic hydroxyl groups excluding tert-OH is 1. The highest BCUT2D eigenvalue weighted by Gasteiger charge is 2.38. The van der Waals surface area contributed by atoms with Crippen molar-refractivity contribution in [1.29, 1.82) is 0 Å². The Morgan fingerprint density at radius 3 is 2.61 bits per heavy atom. The maximum atomic E-state index is 13.2. The lowest BCUT2D eigenvalue weighted by Crippen LogP contribution is -2.35. The molecule has 1 atom stereocenters. The lowest BCUT2D eigenvalue weighted by molar-refractivity contribution is -0.198. The fourth-order valence-electron chi connectivity index (χ4n) is 1.04. The van der Waals surface area contributed by atoms with Gasteiger partial charge in [-0.2, -0.15) is 18.2 Å². The summed E-state index contributed by atoms with van der Waals surface area (Å²) in [7, 11) is 0. The third kappa shape index (κ3) is 3.99. The van der Waals surface area contributed by atoms with E-state index in [9.17, 15) is 17.6 Å². The number of nitrogens with one attached hydrogen (secondary N) is 2. The van der Waals surface area contributed by atoms with Gasteiger partial charge < -0.3 is 15.7 Å². The number of aromatic nitrogens is 2. The van der Waals surface area contributed by atoms with Crippen molar-refractivity contribution < 1.29 is 22.7 Å². The van der Waals surface area contributed by atoms with E-state index in [1.54, 1.807) is 6.92 Å². The zero-order chi connectivity index (χ0) is 13.8. The van der Waals surface area contributed by atoms with Crippen LogP contribution >= 0.6 is 0 Å². The first-order chi connectivity index (χ1) is 8.34. The van der Waals surface area contributed by atoms with Crippen molar-refractivity contribution in [3.05, 3.63) is 12.0 Å². The van der Waals surface area contributed by atoms with Gasteiger partial charge in [0.05, 0.1) is 12.7 Å². The number of alkyl halides is 3. The van der Waals surface area contributed by atoms with Crippen LogP contribution in [0.25, 0.3) is 0 Å². The first-order valence-corrected chi connectivity index (χ1v) is 5.09. The summed E-state index contributed by atoms with van der Waals surface area (Å²) in [5.74, 6) is -1.21. The van der Waals surface area contributed by atoms with Crippen LogP contribution in [0.2, 0.25) is 0 Å². The molecule has 1 heterocycles. The maximum absolute atomic E-state index is 13.2. The summed E-state index contributed by atoms with van der Waals surface area (Å²) in [4.78, 5) is 7.21. The Kier molecular flexibility index (Phi) is 4.65. The summed E-state index contributed by atoms with van der Waals surface area (Å²) in [5.41, 5.74) is 0. The van der Waals surface area contributed by atoms with Gasteiger partial charge in [-0.25, -0.2) is 9.37 Å². The van der Waals surface area contributed by atoms with Crippen molar-refractivity contribution in [1.82, 2.24) is 9.97 Å². The van der Waals surface area contributed by atoms with Crippen LogP contribution in [0.15, 0.2) is 6.20 Å². The molecule has 0 bridgehead atoms. The summed E-state index contributed by atoms with van der Waals surface area (Å²) < 4.78 is 49.2. The normalized spacial score (nSPS) is 13.2. The smallest absolute Gasteiger partial charge is 0.382 e. The van der Waals surface area contributed by atoms with Gasteiger partial charge in [-0.05, 0) is 6.92 Å². The maximum Gasteiger partial charge on any atom is 0.416 e. The van der Waals surface area contributed by atoms with Gasteiger partial charge in [0.15, 0.2) is 17.7 Å². The van der Waals surface area contributed by atoms with Crippen LogP contribution < -0.4 is 10.6 Å². The number of hydrogen-bond acceptors (Lipinski definition) is 5. The molecule has 0 saturated carbocycles. The minimum atomic E-state index is -4.76. The Bertz CT molecular complexity index is 399. The second-order valence-corrected chi connectivity index (χ2v) is 3.36. The highest BCUT2D eigenvalue weighted by atomic mass is 19.4. The molecule has 1 aromatic rings. The molecule has 0 amide bonds. The predicted molar refractivity (Wildman–Crippen MR) is 56.7 cm³/mol. The molecule has 3 N–H and O–H groups in total. The Hall–Kier alpha value is -1.64. The number of halogens is 4. The van der Waals surface area contributed by atoms with E-state index in [1.807, 2.05) is 0 Å². The first-order valence-electron chi connectivity index (χ1n) is 5.09. The quantitative estimate of drug-likeness (QED) is 0.704. The molecule has 0 saturated heterocycles. The standard InChI is InChI=1S/C9H12F4N4O/c1-2-14-8-16-3-5(10)7(17-8)15-4-6(18)9(11,12)13/h3,6,18H,2,4H2,1H3,(H2,14,15,16,17). The topological polar surface area (TPSA) is 70.1 Å². The summed E-state index contributed by atoms with van der Waals surface area (Å²) >= 11 is 0. The zero-order valence-electron chi connectivity index (χ0n) is 9.42. The molecule has 9 heteroatoms. The van der Waals surface area contributed by atoms with E-state index < -0.39 is 30.5 Å². The van der Waals surface area contributed by atoms with Crippen molar-refractivity contribution in [2.24, 2.45) is 0 Å². The molecular formula is C9H12F4N4O. The highest BCUT2D eigenvalue weighted by Crippen LogP contribution is 2.20. The average Bonchev–Trinajstić information content (AvgIpc) is 2.28. The molecule has 1 rings (SSSR count). The SMILES string of the molecule is CCNc1ncc(F)c(NCC(O)C(F)(F)F)n1. The monoisotopic (exact) mass is 268 g/mol. The third-order valence-electron chi connectivity index (χ3n) is 1.92. The molecule has 0 aliphatic rings. The number of hydrogen-bond donors (Lipinski definition) is 3. The van der Waals surface area contributed by atoms with Crippen LogP contribution in [0.4, 0.5) is 29.3 Å². The van der Waals surface area contributed by atoms with E-state index in [0.29, 0.717) is 6.54 Å². The van der Waals surface area contributed by atoms with Crippen LogP contribution in [0, 0.1) is 5.82 Å². The van der Waals surface area contributed by atoms with Crippen LogP contribution in [0.3, 0.4) is 0 Å². The van der Waals surface area contributed by atoms with E-state index in [0.717, 1.165) is 6.20 Å². The van der Waals surface area contributed by atoms with Gasteiger partial charge in [-0.3, -0.25) is 0 Å². The molecule has 0 aliphatic carbocycles. The second-order valence-electron chi connectivity index (χ2n) is 3.36. The predicted octanol–water partition coefficient (Wildman–Crippen LogP) is 1.38. The lowest BCUT2D eigenvalue weighted by Gasteiger charge is -2.15. The molecule has 0 aliphatic heterocycles. The molecule has 1 unspecified atom stereocenters. The molecule has 5 nitrogen and oxygen atoms in total. The molecular weight excluding hydrogens is 256 g/mol. The largest absolute Gasteiger partial charge is 0.416 e. The first kappa shape index (κ1) is 14.4. The van der Waals surface area contributed by atoms with Crippen LogP contribution in [-0.4, -0.2) is 40.4 Å². The van der Waals surface area contributed by atoms with Crippen LogP contribution in [0.1, 0.15) is 6.92 Å². The van der Waals surface area contributed by atoms with E-state index in [4.69, 9.17) is 5.11 Å². The lowest BCUT2D eigenvalue weighted by atomic mass is 10.3. The summed E-state index contributed by atoms with van der Waals surface area (Å²) in [6, 6.07) is 0. The minimum Gasteiger partial charge on any atom is -0.382 e. The zero-order valence-corrected chi connectivity index (χ0v) is 9.42. The Labute approximate surface area is 100 Å². The van der Waals surface area contributed by atoms with E-state index in [-0.39, 0.29) is 5.95 Å². The fourth-order valence-corrected chi connectivity index (χ4v) is 1.04. The van der Waals surface area contributed by atoms with Crippen molar-refractivity contribution >= 4 is 11.8 Å². The van der Waals surface area contributed by atoms with E-state index >= 15 is 0 Å². The molecule has 0 radical (unpaired) electrons. The number of aliphatic hydroxyl groups is 1. The Balaban J connectivity index is 2.69. The minimum absolute atomic E-state index is 0.0860. The van der Waals surface area contributed by atoms with Gasteiger partial charge in [0.25, 0.3) is 0 Å². The summed E-state index contributed by atoms with van der Waals surface area (Å²) in [5, 5.41) is 13.5. The Morgan fingerprint density at radius 2 is 2.06 bits per heavy atom. The van der Waals surface area contributed by atoms with Gasteiger partial charge in [0.1, 0.15) is 0 Å². The van der Waals surface area contributed by atoms with Gasteiger partial charge in [0.2, 0.25) is 5.95 Å². The Morgan fingerprint density at radius 1 is 1.39 bits per heavy atom. The average molecular weight is 268 g/mol. The van der Waals surface area contributed by atoms with Crippen molar-refractivity contribution in [2.45, 2.75) is 19.2 Å². The molecule has 0 fully saturated rings. The van der Waals surface area contributed by atoms with E-state index in [1.165, 1.54) is 0 Å². The highest BCUT2D eigenvalue weighted by molar-refractivity contribution is 5.41. The molecule has 1 aromatic heterocycles. The van der Waals surface area contributed by atoms with Gasteiger partial charge in [-0.1, -0.05) is 0 Å². The molecule has 0 aromatic carbocycles. The van der Waals surface area contributed by atoms with Gasteiger partial charge in [-0.15, -0.1) is 0 Å². The van der Waals surface area contributed by atoms with E-state index in [2.05, 4.69) is 20.6 Å². The van der Waals surface area contributed by atoms with Crippen molar-refractivity contribution in [2.75, 3.05) is 23.7 Å². The number of anilines is 2. The fraction of sp³-hybridized carbons (Fsp3) is 0.556. The number of rotatable bonds is 5. The number of nitrogens with zero attached hydrogens (tertiary/aromatic N) is 2. The molecule has 18 heavy (non-hydrogen) atoms. The van der Waals surface area contributed by atoms with Gasteiger partial charge >= 0.3 is 6.18 Å². The summed E-state index contributed by atoms with van der Waals surface area (Å²) in [6.45, 7) is 1.35. The van der Waals surface area contributed by atoms with Crippen molar-refractivity contribution in [3.63, 3.8) is 0 Å². The molecule has 102 valence electrons. The van der Waals surface area contributed by atoms with Crippen LogP contribution in [0.5, 0.6) is 0 Å². The van der Waals surface area contributed by atoms with Gasteiger partial charge in [0, 0.05) is 6.54 Å². The summed E-state index contributed by atoms with van der Waals surface area (Å²) in [6.07, 6.45) is -6.52. The second kappa shape index (κ2) is 5.80. The molecule has 0 spiro atoms. The van der Waals surface area contributed by atoms with Crippen molar-refractivity contribution in [3.8, 4) is 0 Å².